The highest BCUT2D eigenvalue weighted by Crippen LogP contribution is 2.22. The van der Waals surface area contributed by atoms with Gasteiger partial charge in [-0.25, -0.2) is 0 Å². The Balaban J connectivity index is 1.39. The molecule has 3 aromatic carbocycles. The third-order valence-corrected chi connectivity index (χ3v) is 5.18. The van der Waals surface area contributed by atoms with Gasteiger partial charge in [0.2, 0.25) is 0 Å². The maximum absolute atomic E-state index is 6.30. The van der Waals surface area contributed by atoms with Crippen molar-refractivity contribution in [2.24, 2.45) is 0 Å². The molecule has 0 saturated heterocycles. The Bertz CT molecular complexity index is 912. The van der Waals surface area contributed by atoms with Crippen LogP contribution in [-0.2, 0) is 38.8 Å². The van der Waals surface area contributed by atoms with Crippen LogP contribution in [0.15, 0.2) is 103 Å². The van der Waals surface area contributed by atoms with E-state index in [1.165, 1.54) is 0 Å². The molecule has 0 radical (unpaired) electrons. The molecule has 0 aliphatic carbocycles. The highest BCUT2D eigenvalue weighted by molar-refractivity contribution is 5.15. The molecule has 160 valence electrons. The van der Waals surface area contributed by atoms with Crippen LogP contribution in [0.5, 0.6) is 0 Å². The second-order valence-electron chi connectivity index (χ2n) is 7.53. The van der Waals surface area contributed by atoms with E-state index in [0.717, 1.165) is 16.7 Å². The van der Waals surface area contributed by atoms with Crippen LogP contribution >= 0.6 is 0 Å². The van der Waals surface area contributed by atoms with Gasteiger partial charge in [-0.05, 0) is 22.8 Å². The summed E-state index contributed by atoms with van der Waals surface area (Å²) in [5.74, 6) is 0. The van der Waals surface area contributed by atoms with Crippen molar-refractivity contribution in [1.82, 2.24) is 0 Å². The molecule has 3 atom stereocenters. The Morgan fingerprint density at radius 1 is 0.613 bits per heavy atom. The summed E-state index contributed by atoms with van der Waals surface area (Å²) in [6, 6.07) is 30.4. The molecule has 3 aromatic rings. The van der Waals surface area contributed by atoms with Gasteiger partial charge >= 0.3 is 0 Å². The summed E-state index contributed by atoms with van der Waals surface area (Å²) in [5.41, 5.74) is 3.37. The van der Waals surface area contributed by atoms with Crippen molar-refractivity contribution < 1.29 is 18.9 Å². The zero-order valence-corrected chi connectivity index (χ0v) is 17.5. The van der Waals surface area contributed by atoms with Gasteiger partial charge in [-0.3, -0.25) is 0 Å². The fourth-order valence-electron chi connectivity index (χ4n) is 3.51. The monoisotopic (exact) mass is 416 g/mol. The van der Waals surface area contributed by atoms with Crippen molar-refractivity contribution in [3.63, 3.8) is 0 Å². The van der Waals surface area contributed by atoms with Crippen molar-refractivity contribution in [3.8, 4) is 0 Å². The molecule has 1 heterocycles. The van der Waals surface area contributed by atoms with Gasteiger partial charge in [0.15, 0.2) is 0 Å². The molecule has 1 aliphatic heterocycles. The second-order valence-corrected chi connectivity index (χ2v) is 7.53. The van der Waals surface area contributed by atoms with E-state index in [0.29, 0.717) is 26.4 Å². The number of ether oxygens (including phenoxy) is 4. The zero-order chi connectivity index (χ0) is 21.1. The highest BCUT2D eigenvalue weighted by Gasteiger charge is 2.34. The van der Waals surface area contributed by atoms with E-state index in [1.54, 1.807) is 6.26 Å². The number of benzene rings is 3. The molecule has 0 spiro atoms. The van der Waals surface area contributed by atoms with Gasteiger partial charge < -0.3 is 18.9 Å². The first-order valence-electron chi connectivity index (χ1n) is 10.6. The zero-order valence-electron chi connectivity index (χ0n) is 17.5. The van der Waals surface area contributed by atoms with E-state index in [4.69, 9.17) is 18.9 Å². The van der Waals surface area contributed by atoms with E-state index in [1.807, 2.05) is 60.7 Å². The van der Waals surface area contributed by atoms with E-state index in [2.05, 4.69) is 36.4 Å². The molecule has 0 fully saturated rings. The Kier molecular flexibility index (Phi) is 7.88. The van der Waals surface area contributed by atoms with Crippen molar-refractivity contribution in [2.75, 3.05) is 6.61 Å². The first-order chi connectivity index (χ1) is 15.4. The molecule has 0 aromatic heterocycles. The van der Waals surface area contributed by atoms with E-state index in [9.17, 15) is 0 Å². The predicted molar refractivity (Wildman–Crippen MR) is 120 cm³/mol. The fraction of sp³-hybridized carbons (Fsp3) is 0.259. The number of hydrogen-bond donors (Lipinski definition) is 0. The lowest BCUT2D eigenvalue weighted by molar-refractivity contribution is -0.147. The average Bonchev–Trinajstić information content (AvgIpc) is 2.84. The van der Waals surface area contributed by atoms with Crippen LogP contribution in [0.4, 0.5) is 0 Å². The topological polar surface area (TPSA) is 36.9 Å². The third-order valence-electron chi connectivity index (χ3n) is 5.18. The van der Waals surface area contributed by atoms with Crippen LogP contribution in [0.2, 0.25) is 0 Å². The van der Waals surface area contributed by atoms with Gasteiger partial charge in [0.1, 0.15) is 18.3 Å². The molecule has 0 bridgehead atoms. The summed E-state index contributed by atoms with van der Waals surface area (Å²) < 4.78 is 24.4. The maximum atomic E-state index is 6.30. The molecule has 4 nitrogen and oxygen atoms in total. The summed E-state index contributed by atoms with van der Waals surface area (Å²) >= 11 is 0. The quantitative estimate of drug-likeness (QED) is 0.450. The second kappa shape index (κ2) is 11.5. The molecular formula is C27H28O4. The minimum Gasteiger partial charge on any atom is -0.493 e. The van der Waals surface area contributed by atoms with Gasteiger partial charge in [-0.2, -0.15) is 0 Å². The third kappa shape index (κ3) is 6.53. The van der Waals surface area contributed by atoms with Gasteiger partial charge in [-0.15, -0.1) is 0 Å². The fourth-order valence-corrected chi connectivity index (χ4v) is 3.51. The van der Waals surface area contributed by atoms with Crippen LogP contribution in [0, 0.1) is 0 Å². The number of hydrogen-bond acceptors (Lipinski definition) is 4. The molecule has 4 rings (SSSR count). The van der Waals surface area contributed by atoms with Crippen molar-refractivity contribution in [1.29, 1.82) is 0 Å². The van der Waals surface area contributed by atoms with E-state index < -0.39 is 0 Å². The van der Waals surface area contributed by atoms with Gasteiger partial charge in [0, 0.05) is 0 Å². The summed E-state index contributed by atoms with van der Waals surface area (Å²) in [6.07, 6.45) is 2.88. The summed E-state index contributed by atoms with van der Waals surface area (Å²) in [6.45, 7) is 1.96. The molecular weight excluding hydrogens is 388 g/mol. The molecule has 0 N–H and O–H groups in total. The number of rotatable bonds is 10. The molecule has 0 saturated carbocycles. The summed E-state index contributed by atoms with van der Waals surface area (Å²) in [4.78, 5) is 0. The van der Waals surface area contributed by atoms with Gasteiger partial charge in [0.05, 0.1) is 32.7 Å². The van der Waals surface area contributed by atoms with Crippen LogP contribution in [0.1, 0.15) is 16.7 Å². The van der Waals surface area contributed by atoms with Crippen LogP contribution in [-0.4, -0.2) is 24.9 Å². The Morgan fingerprint density at radius 3 is 1.71 bits per heavy atom. The van der Waals surface area contributed by atoms with Crippen LogP contribution in [0.25, 0.3) is 0 Å². The average molecular weight is 417 g/mol. The Labute approximate surface area is 184 Å². The standard InChI is InChI=1S/C27H28O4/c1-4-10-22(11-5-1)18-28-21-26-27(31-20-24-14-8-3-9-15-24)25(16-17-29-26)30-19-23-12-6-2-7-13-23/h1-17,25-27H,18-21H2/t25-,26-,27+/m1/s1. The summed E-state index contributed by atoms with van der Waals surface area (Å²) in [5, 5.41) is 0. The van der Waals surface area contributed by atoms with Gasteiger partial charge in [-0.1, -0.05) is 91.0 Å². The lowest BCUT2D eigenvalue weighted by atomic mass is 10.1. The minimum absolute atomic E-state index is 0.219. The Hall–Kier alpha value is -2.92. The molecule has 0 unspecified atom stereocenters. The molecule has 31 heavy (non-hydrogen) atoms. The summed E-state index contributed by atoms with van der Waals surface area (Å²) in [7, 11) is 0. The van der Waals surface area contributed by atoms with Crippen molar-refractivity contribution in [3.05, 3.63) is 120 Å². The SMILES string of the molecule is C1=C[C@@H](OCc2ccccc2)[C@H](OCc2ccccc2)[C@@H](COCc2ccccc2)O1. The molecule has 0 amide bonds. The first kappa shape index (κ1) is 21.3. The van der Waals surface area contributed by atoms with E-state index in [-0.39, 0.29) is 18.3 Å². The lowest BCUT2D eigenvalue weighted by Gasteiger charge is -2.34. The van der Waals surface area contributed by atoms with Gasteiger partial charge in [0.25, 0.3) is 0 Å². The Morgan fingerprint density at radius 2 is 1.13 bits per heavy atom. The first-order valence-corrected chi connectivity index (χ1v) is 10.6. The largest absolute Gasteiger partial charge is 0.493 e. The normalized spacial score (nSPS) is 20.3. The van der Waals surface area contributed by atoms with Crippen LogP contribution in [0.3, 0.4) is 0 Å². The lowest BCUT2D eigenvalue weighted by Crippen LogP contribution is -2.45. The maximum Gasteiger partial charge on any atom is 0.150 e. The smallest absolute Gasteiger partial charge is 0.150 e. The van der Waals surface area contributed by atoms with Crippen LogP contribution < -0.4 is 0 Å². The minimum atomic E-state index is -0.273. The highest BCUT2D eigenvalue weighted by atomic mass is 16.6. The molecule has 1 aliphatic rings. The molecule has 4 heteroatoms. The van der Waals surface area contributed by atoms with Crippen molar-refractivity contribution >= 4 is 0 Å². The predicted octanol–water partition coefficient (Wildman–Crippen LogP) is 5.29. The van der Waals surface area contributed by atoms with E-state index >= 15 is 0 Å². The van der Waals surface area contributed by atoms with Crippen molar-refractivity contribution in [2.45, 2.75) is 38.1 Å².